The second kappa shape index (κ2) is 2.91. The van der Waals surface area contributed by atoms with Gasteiger partial charge in [-0.25, -0.2) is 8.42 Å². The standard InChI is InChI=1S/C7H16O2S/c1-5-6-7(2,3)10(4,8)9/h5-6H2,1-4H3. The van der Waals surface area contributed by atoms with Crippen LogP contribution in [0.3, 0.4) is 0 Å². The molecule has 2 nitrogen and oxygen atoms in total. The van der Waals surface area contributed by atoms with Crippen LogP contribution in [-0.2, 0) is 9.84 Å². The van der Waals surface area contributed by atoms with Crippen molar-refractivity contribution in [1.29, 1.82) is 0 Å². The summed E-state index contributed by atoms with van der Waals surface area (Å²) in [4.78, 5) is 0. The molecule has 0 atom stereocenters. The van der Waals surface area contributed by atoms with Gasteiger partial charge in [0.15, 0.2) is 9.84 Å². The first-order valence-electron chi connectivity index (χ1n) is 3.51. The van der Waals surface area contributed by atoms with Crippen molar-refractivity contribution in [3.8, 4) is 0 Å². The van der Waals surface area contributed by atoms with Gasteiger partial charge in [0, 0.05) is 6.26 Å². The molecule has 0 rings (SSSR count). The van der Waals surface area contributed by atoms with Gasteiger partial charge in [-0.2, -0.15) is 0 Å². The molecule has 10 heavy (non-hydrogen) atoms. The van der Waals surface area contributed by atoms with Crippen LogP contribution in [0.2, 0.25) is 0 Å². The van der Waals surface area contributed by atoms with Gasteiger partial charge >= 0.3 is 0 Å². The molecule has 0 saturated carbocycles. The SMILES string of the molecule is CCCC(C)(C)S(C)(=O)=O. The molecule has 0 heterocycles. The van der Waals surface area contributed by atoms with Crippen LogP contribution in [0.1, 0.15) is 33.6 Å². The summed E-state index contributed by atoms with van der Waals surface area (Å²) in [7, 11) is -2.86. The second-order valence-corrected chi connectivity index (χ2v) is 5.93. The van der Waals surface area contributed by atoms with E-state index in [1.165, 1.54) is 6.26 Å². The van der Waals surface area contributed by atoms with Gasteiger partial charge in [-0.3, -0.25) is 0 Å². The highest BCUT2D eigenvalue weighted by Crippen LogP contribution is 2.20. The van der Waals surface area contributed by atoms with Gasteiger partial charge in [0.05, 0.1) is 4.75 Å². The van der Waals surface area contributed by atoms with Crippen molar-refractivity contribution in [2.75, 3.05) is 6.26 Å². The topological polar surface area (TPSA) is 34.1 Å². The first-order chi connectivity index (χ1) is 4.31. The normalized spacial score (nSPS) is 13.6. The van der Waals surface area contributed by atoms with Crippen molar-refractivity contribution >= 4 is 9.84 Å². The van der Waals surface area contributed by atoms with Gasteiger partial charge in [-0.05, 0) is 20.3 Å². The second-order valence-electron chi connectivity index (χ2n) is 3.28. The first kappa shape index (κ1) is 9.95. The third-order valence-electron chi connectivity index (χ3n) is 1.86. The van der Waals surface area contributed by atoms with Crippen LogP contribution < -0.4 is 0 Å². The molecule has 0 aromatic heterocycles. The molecule has 0 aromatic rings. The molecular formula is C7H16O2S. The van der Waals surface area contributed by atoms with Gasteiger partial charge in [0.25, 0.3) is 0 Å². The largest absolute Gasteiger partial charge is 0.229 e. The fourth-order valence-corrected chi connectivity index (χ4v) is 1.36. The molecule has 0 aliphatic heterocycles. The molecule has 0 bridgehead atoms. The summed E-state index contributed by atoms with van der Waals surface area (Å²) in [6, 6.07) is 0. The van der Waals surface area contributed by atoms with Crippen molar-refractivity contribution in [3.05, 3.63) is 0 Å². The number of hydrogen-bond acceptors (Lipinski definition) is 2. The van der Waals surface area contributed by atoms with Crippen molar-refractivity contribution in [3.63, 3.8) is 0 Å². The van der Waals surface area contributed by atoms with E-state index < -0.39 is 14.6 Å². The highest BCUT2D eigenvalue weighted by molar-refractivity contribution is 7.92. The zero-order valence-corrected chi connectivity index (χ0v) is 7.96. The van der Waals surface area contributed by atoms with E-state index >= 15 is 0 Å². The van der Waals surface area contributed by atoms with E-state index in [0.29, 0.717) is 0 Å². The van der Waals surface area contributed by atoms with E-state index in [9.17, 15) is 8.42 Å². The van der Waals surface area contributed by atoms with E-state index in [1.807, 2.05) is 6.92 Å². The van der Waals surface area contributed by atoms with Crippen molar-refractivity contribution in [1.82, 2.24) is 0 Å². The van der Waals surface area contributed by atoms with Crippen LogP contribution in [0.5, 0.6) is 0 Å². The number of sulfone groups is 1. The molecule has 0 aliphatic rings. The summed E-state index contributed by atoms with van der Waals surface area (Å²) in [5.41, 5.74) is 0. The lowest BCUT2D eigenvalue weighted by Gasteiger charge is -2.20. The molecule has 0 spiro atoms. The molecule has 0 unspecified atom stereocenters. The molecule has 0 radical (unpaired) electrons. The van der Waals surface area contributed by atoms with E-state index in [4.69, 9.17) is 0 Å². The van der Waals surface area contributed by atoms with Gasteiger partial charge in [-0.15, -0.1) is 0 Å². The Hall–Kier alpha value is -0.0500. The summed E-state index contributed by atoms with van der Waals surface area (Å²) >= 11 is 0. The Kier molecular flexibility index (Phi) is 2.89. The molecule has 0 N–H and O–H groups in total. The van der Waals surface area contributed by atoms with Crippen LogP contribution in [0.25, 0.3) is 0 Å². The summed E-state index contributed by atoms with van der Waals surface area (Å²) in [6.07, 6.45) is 2.95. The molecule has 62 valence electrons. The lowest BCUT2D eigenvalue weighted by Crippen LogP contribution is -2.30. The van der Waals surface area contributed by atoms with Crippen molar-refractivity contribution in [2.45, 2.75) is 38.4 Å². The highest BCUT2D eigenvalue weighted by atomic mass is 32.2. The molecule has 0 saturated heterocycles. The van der Waals surface area contributed by atoms with Crippen LogP contribution in [0.15, 0.2) is 0 Å². The minimum Gasteiger partial charge on any atom is -0.229 e. The van der Waals surface area contributed by atoms with Gasteiger partial charge in [-0.1, -0.05) is 13.3 Å². The van der Waals surface area contributed by atoms with Crippen molar-refractivity contribution in [2.24, 2.45) is 0 Å². The van der Waals surface area contributed by atoms with E-state index in [1.54, 1.807) is 13.8 Å². The molecule has 0 aliphatic carbocycles. The summed E-state index contributed by atoms with van der Waals surface area (Å²) in [5, 5.41) is 0. The minimum atomic E-state index is -2.86. The molecule has 0 fully saturated rings. The van der Waals surface area contributed by atoms with Gasteiger partial charge < -0.3 is 0 Å². The summed E-state index contributed by atoms with van der Waals surface area (Å²) in [6.45, 7) is 5.53. The quantitative estimate of drug-likeness (QED) is 0.635. The highest BCUT2D eigenvalue weighted by Gasteiger charge is 2.28. The van der Waals surface area contributed by atoms with Crippen LogP contribution in [-0.4, -0.2) is 19.4 Å². The van der Waals surface area contributed by atoms with E-state index in [2.05, 4.69) is 0 Å². The number of rotatable bonds is 3. The number of hydrogen-bond donors (Lipinski definition) is 0. The Morgan fingerprint density at radius 3 is 1.80 bits per heavy atom. The zero-order valence-electron chi connectivity index (χ0n) is 7.14. The van der Waals surface area contributed by atoms with Gasteiger partial charge in [0.2, 0.25) is 0 Å². The Balaban J connectivity index is 4.42. The average Bonchev–Trinajstić information content (AvgIpc) is 1.61. The third kappa shape index (κ3) is 2.29. The van der Waals surface area contributed by atoms with E-state index in [0.717, 1.165) is 12.8 Å². The van der Waals surface area contributed by atoms with Crippen LogP contribution >= 0.6 is 0 Å². The lowest BCUT2D eigenvalue weighted by molar-refractivity contribution is 0.528. The van der Waals surface area contributed by atoms with Crippen LogP contribution in [0, 0.1) is 0 Å². The maximum Gasteiger partial charge on any atom is 0.152 e. The predicted octanol–water partition coefficient (Wildman–Crippen LogP) is 1.61. The van der Waals surface area contributed by atoms with E-state index in [-0.39, 0.29) is 0 Å². The fourth-order valence-electron chi connectivity index (χ4n) is 0.787. The smallest absolute Gasteiger partial charge is 0.152 e. The first-order valence-corrected chi connectivity index (χ1v) is 5.40. The molecule has 0 amide bonds. The van der Waals surface area contributed by atoms with Crippen LogP contribution in [0.4, 0.5) is 0 Å². The monoisotopic (exact) mass is 164 g/mol. The maximum atomic E-state index is 11.0. The maximum absolute atomic E-state index is 11.0. The Morgan fingerprint density at radius 1 is 1.30 bits per heavy atom. The zero-order chi connectivity index (χ0) is 8.41. The Morgan fingerprint density at radius 2 is 1.70 bits per heavy atom. The molecule has 3 heteroatoms. The predicted molar refractivity (Wildman–Crippen MR) is 43.8 cm³/mol. The third-order valence-corrected chi connectivity index (χ3v) is 4.07. The van der Waals surface area contributed by atoms with Crippen molar-refractivity contribution < 1.29 is 8.42 Å². The minimum absolute atomic E-state index is 0.540. The summed E-state index contributed by atoms with van der Waals surface area (Å²) < 4.78 is 21.5. The molecule has 0 aromatic carbocycles. The Labute approximate surface area is 63.6 Å². The fraction of sp³-hybridized carbons (Fsp3) is 1.00. The lowest BCUT2D eigenvalue weighted by atomic mass is 10.1. The molecular weight excluding hydrogens is 148 g/mol. The van der Waals surface area contributed by atoms with Gasteiger partial charge in [0.1, 0.15) is 0 Å². The summed E-state index contributed by atoms with van der Waals surface area (Å²) in [5.74, 6) is 0. The average molecular weight is 164 g/mol. The Bertz CT molecular complexity index is 190.